The molecule has 0 saturated heterocycles. The molecule has 0 fully saturated rings. The Morgan fingerprint density at radius 1 is 0.405 bits per heavy atom. The van der Waals surface area contributed by atoms with Crippen LogP contribution in [0.4, 0.5) is 0 Å². The van der Waals surface area contributed by atoms with Crippen LogP contribution >= 0.6 is 0 Å². The first-order valence-electron chi connectivity index (χ1n) is 17.4. The van der Waals surface area contributed by atoms with Gasteiger partial charge in [-0.1, -0.05) is 155 Å². The van der Waals surface area contributed by atoms with Crippen LogP contribution in [-0.2, 0) is 14.4 Å². The van der Waals surface area contributed by atoms with Gasteiger partial charge in [-0.05, 0) is 25.9 Å². The van der Waals surface area contributed by atoms with E-state index in [4.69, 9.17) is 15.3 Å². The van der Waals surface area contributed by atoms with E-state index in [9.17, 15) is 14.4 Å². The fourth-order valence-corrected chi connectivity index (χ4v) is 5.05. The van der Waals surface area contributed by atoms with Crippen molar-refractivity contribution in [1.82, 2.24) is 10.2 Å². The van der Waals surface area contributed by atoms with Crippen molar-refractivity contribution in [2.75, 3.05) is 32.7 Å². The van der Waals surface area contributed by atoms with Gasteiger partial charge in [-0.25, -0.2) is 0 Å². The van der Waals surface area contributed by atoms with E-state index in [2.05, 4.69) is 19.2 Å². The van der Waals surface area contributed by atoms with Crippen LogP contribution in [0, 0.1) is 0 Å². The number of nitrogens with zero attached hydrogens (tertiary/aromatic N) is 1. The van der Waals surface area contributed by atoms with E-state index in [1.54, 1.807) is 0 Å². The van der Waals surface area contributed by atoms with E-state index in [0.717, 1.165) is 4.90 Å². The lowest BCUT2D eigenvalue weighted by molar-refractivity contribution is -0.144. The minimum atomic E-state index is -1.26. The van der Waals surface area contributed by atoms with E-state index >= 15 is 0 Å². The smallest absolute Gasteiger partial charge is 0.317 e. The number of carboxylic acid groups (broad SMARTS) is 3. The molecule has 0 bridgehead atoms. The van der Waals surface area contributed by atoms with Crippen LogP contribution in [0.15, 0.2) is 0 Å². The molecule has 8 heteroatoms. The Morgan fingerprint density at radius 3 is 0.833 bits per heavy atom. The summed E-state index contributed by atoms with van der Waals surface area (Å²) in [5.41, 5.74) is 0. The van der Waals surface area contributed by atoms with Crippen LogP contribution in [0.3, 0.4) is 0 Å². The number of rotatable bonds is 32. The summed E-state index contributed by atoms with van der Waals surface area (Å²) in [5, 5.41) is 28.5. The number of unbranched alkanes of at least 4 members (excludes halogenated alkanes) is 22. The van der Waals surface area contributed by atoms with Crippen molar-refractivity contribution in [3.63, 3.8) is 0 Å². The molecule has 0 aliphatic rings. The van der Waals surface area contributed by atoms with Crippen molar-refractivity contribution in [1.29, 1.82) is 0 Å². The first kappa shape index (κ1) is 42.5. The van der Waals surface area contributed by atoms with Crippen molar-refractivity contribution in [3.8, 4) is 0 Å². The molecule has 0 spiro atoms. The van der Waals surface area contributed by atoms with E-state index in [1.807, 2.05) is 0 Å². The Hall–Kier alpha value is -1.67. The summed E-state index contributed by atoms with van der Waals surface area (Å²) in [6.45, 7) is 5.30. The highest BCUT2D eigenvalue weighted by atomic mass is 16.4. The molecule has 0 aromatic carbocycles. The third-order valence-corrected chi connectivity index (χ3v) is 7.49. The standard InChI is InChI=1S/C28H59N.C6H9NO6/c1-3-5-7-9-11-13-15-17-19-21-23-25-27-29-28-26-24-22-20-18-16-14-12-10-8-6-4-2;8-4(9)1-7(2-5(10)11)3-6(12)13/h29H,3-28H2,1-2H3;1-3H2,(H,8,9)(H,10,11)(H,12,13). The first-order chi connectivity index (χ1) is 20.3. The van der Waals surface area contributed by atoms with Crippen LogP contribution < -0.4 is 5.32 Å². The van der Waals surface area contributed by atoms with Gasteiger partial charge in [0.25, 0.3) is 0 Å². The van der Waals surface area contributed by atoms with E-state index in [-0.39, 0.29) is 0 Å². The number of carbonyl (C=O) groups is 3. The SMILES string of the molecule is CCCCCCCCCCCCCCNCCCCCCCCCCCCCC.O=C(O)CN(CC(=O)O)CC(=O)O. The zero-order valence-electron chi connectivity index (χ0n) is 27.5. The van der Waals surface area contributed by atoms with Gasteiger partial charge < -0.3 is 20.6 Å². The second-order valence-corrected chi connectivity index (χ2v) is 11.9. The Kier molecular flexibility index (Phi) is 35.9. The van der Waals surface area contributed by atoms with E-state index in [1.165, 1.54) is 167 Å². The largest absolute Gasteiger partial charge is 0.480 e. The summed E-state index contributed by atoms with van der Waals surface area (Å²) in [6.07, 6.45) is 34.8. The van der Waals surface area contributed by atoms with Crippen molar-refractivity contribution in [3.05, 3.63) is 0 Å². The summed E-state index contributed by atoms with van der Waals surface area (Å²) in [4.78, 5) is 31.2. The molecule has 4 N–H and O–H groups in total. The van der Waals surface area contributed by atoms with Crippen molar-refractivity contribution in [2.45, 2.75) is 168 Å². The highest BCUT2D eigenvalue weighted by molar-refractivity contribution is 5.75. The molecule has 8 nitrogen and oxygen atoms in total. The van der Waals surface area contributed by atoms with Gasteiger partial charge in [0.1, 0.15) is 0 Å². The highest BCUT2D eigenvalue weighted by Crippen LogP contribution is 2.13. The van der Waals surface area contributed by atoms with E-state index < -0.39 is 37.5 Å². The van der Waals surface area contributed by atoms with Gasteiger partial charge in [0.15, 0.2) is 0 Å². The lowest BCUT2D eigenvalue weighted by atomic mass is 10.1. The number of hydrogen-bond donors (Lipinski definition) is 4. The van der Waals surface area contributed by atoms with E-state index in [0.29, 0.717) is 0 Å². The molecule has 0 amide bonds. The molecule has 0 aromatic rings. The number of carboxylic acids is 3. The zero-order valence-corrected chi connectivity index (χ0v) is 27.5. The molecule has 0 heterocycles. The molecule has 0 unspecified atom stereocenters. The summed E-state index contributed by atoms with van der Waals surface area (Å²) < 4.78 is 0. The Bertz CT molecular complexity index is 539. The molecule has 0 aliphatic heterocycles. The maximum absolute atomic E-state index is 10.1. The zero-order chi connectivity index (χ0) is 31.5. The average molecular weight is 601 g/mol. The van der Waals surface area contributed by atoms with Crippen molar-refractivity contribution >= 4 is 17.9 Å². The fraction of sp³-hybridized carbons (Fsp3) is 0.912. The summed E-state index contributed by atoms with van der Waals surface area (Å²) in [7, 11) is 0. The number of hydrogen-bond acceptors (Lipinski definition) is 5. The van der Waals surface area contributed by atoms with Gasteiger partial charge in [-0.3, -0.25) is 19.3 Å². The second-order valence-electron chi connectivity index (χ2n) is 11.9. The van der Waals surface area contributed by atoms with Gasteiger partial charge >= 0.3 is 17.9 Å². The van der Waals surface area contributed by atoms with Crippen LogP contribution in [0.25, 0.3) is 0 Å². The molecule has 42 heavy (non-hydrogen) atoms. The Labute approximate surface area is 258 Å². The summed E-state index contributed by atoms with van der Waals surface area (Å²) in [5.74, 6) is -3.78. The predicted octanol–water partition coefficient (Wildman–Crippen LogP) is 8.52. The van der Waals surface area contributed by atoms with Gasteiger partial charge in [-0.15, -0.1) is 0 Å². The highest BCUT2D eigenvalue weighted by Gasteiger charge is 2.15. The van der Waals surface area contributed by atoms with Crippen molar-refractivity contribution < 1.29 is 29.7 Å². The number of nitrogens with one attached hydrogen (secondary N) is 1. The second kappa shape index (κ2) is 35.5. The lowest BCUT2D eigenvalue weighted by Crippen LogP contribution is -2.38. The topological polar surface area (TPSA) is 127 Å². The molecule has 250 valence electrons. The van der Waals surface area contributed by atoms with Crippen LogP contribution in [-0.4, -0.2) is 70.9 Å². The monoisotopic (exact) mass is 601 g/mol. The maximum Gasteiger partial charge on any atom is 0.317 e. The molecular weight excluding hydrogens is 532 g/mol. The van der Waals surface area contributed by atoms with Crippen LogP contribution in [0.2, 0.25) is 0 Å². The van der Waals surface area contributed by atoms with Gasteiger partial charge in [0.05, 0.1) is 19.6 Å². The Balaban J connectivity index is 0. The predicted molar refractivity (Wildman–Crippen MR) is 174 cm³/mol. The molecule has 0 aromatic heterocycles. The summed E-state index contributed by atoms with van der Waals surface area (Å²) >= 11 is 0. The normalized spacial score (nSPS) is 10.9. The summed E-state index contributed by atoms with van der Waals surface area (Å²) in [6, 6.07) is 0. The van der Waals surface area contributed by atoms with Crippen LogP contribution in [0.5, 0.6) is 0 Å². The van der Waals surface area contributed by atoms with Gasteiger partial charge in [0.2, 0.25) is 0 Å². The third kappa shape index (κ3) is 40.5. The van der Waals surface area contributed by atoms with Gasteiger partial charge in [-0.2, -0.15) is 0 Å². The minimum Gasteiger partial charge on any atom is -0.480 e. The van der Waals surface area contributed by atoms with Gasteiger partial charge in [0, 0.05) is 0 Å². The molecule has 0 aliphatic carbocycles. The number of aliphatic carboxylic acids is 3. The minimum absolute atomic E-state index is 0.599. The molecule has 0 rings (SSSR count). The third-order valence-electron chi connectivity index (χ3n) is 7.49. The maximum atomic E-state index is 10.1. The first-order valence-corrected chi connectivity index (χ1v) is 17.4. The van der Waals surface area contributed by atoms with Crippen LogP contribution in [0.1, 0.15) is 168 Å². The molecule has 0 saturated carbocycles. The average Bonchev–Trinajstić information content (AvgIpc) is 2.92. The molecule has 0 atom stereocenters. The lowest BCUT2D eigenvalue weighted by Gasteiger charge is -2.14. The fourth-order valence-electron chi connectivity index (χ4n) is 5.05. The molecule has 0 radical (unpaired) electrons. The Morgan fingerprint density at radius 2 is 0.619 bits per heavy atom. The quantitative estimate of drug-likeness (QED) is 0.0566. The van der Waals surface area contributed by atoms with Crippen molar-refractivity contribution in [2.24, 2.45) is 0 Å². The molecular formula is C34H68N2O6.